The van der Waals surface area contributed by atoms with Crippen molar-refractivity contribution >= 4 is 45.0 Å². The van der Waals surface area contributed by atoms with Gasteiger partial charge in [-0.1, -0.05) is 11.6 Å². The molecule has 170 valence electrons. The highest BCUT2D eigenvalue weighted by molar-refractivity contribution is 7.89. The number of sulfonamides is 1. The van der Waals surface area contributed by atoms with Crippen LogP contribution in [0.1, 0.15) is 12.5 Å². The summed E-state index contributed by atoms with van der Waals surface area (Å²) in [6.45, 7) is 1.78. The quantitative estimate of drug-likeness (QED) is 0.623. The topological polar surface area (TPSA) is 122 Å². The van der Waals surface area contributed by atoms with E-state index in [2.05, 4.69) is 5.10 Å². The zero-order valence-electron chi connectivity index (χ0n) is 16.2. The van der Waals surface area contributed by atoms with Crippen LogP contribution in [0.5, 0.6) is 11.5 Å². The van der Waals surface area contributed by atoms with Crippen LogP contribution < -0.4 is 14.9 Å². The van der Waals surface area contributed by atoms with Crippen molar-refractivity contribution in [1.29, 1.82) is 0 Å². The van der Waals surface area contributed by atoms with Crippen molar-refractivity contribution in [3.05, 3.63) is 52.6 Å². The Morgan fingerprint density at radius 1 is 1.25 bits per heavy atom. The van der Waals surface area contributed by atoms with Crippen LogP contribution in [0, 0.1) is 0 Å². The Morgan fingerprint density at radius 3 is 2.41 bits per heavy atom. The predicted octanol–water partition coefficient (Wildman–Crippen LogP) is 3.44. The number of primary sulfonamides is 1. The molecule has 0 fully saturated rings. The van der Waals surface area contributed by atoms with Gasteiger partial charge in [0.1, 0.15) is 0 Å². The number of aromatic hydroxyl groups is 1. The van der Waals surface area contributed by atoms with E-state index in [-0.39, 0.29) is 33.5 Å². The first-order valence-electron chi connectivity index (χ1n) is 8.83. The number of hydrogen-bond acceptors (Lipinski definition) is 6. The maximum absolute atomic E-state index is 13.6. The van der Waals surface area contributed by atoms with E-state index < -0.39 is 39.1 Å². The number of hydrazone groups is 1. The summed E-state index contributed by atoms with van der Waals surface area (Å²) >= 11 is 5.91. The number of nitrogens with two attached hydrogens (primary N) is 1. The van der Waals surface area contributed by atoms with E-state index in [9.17, 15) is 31.5 Å². The second-order valence-electron chi connectivity index (χ2n) is 6.44. The number of amides is 1. The number of halogens is 4. The summed E-state index contributed by atoms with van der Waals surface area (Å²) in [5.74, 6) is -1.57. The lowest BCUT2D eigenvalue weighted by Crippen LogP contribution is -2.25. The molecule has 0 spiro atoms. The minimum Gasteiger partial charge on any atom is -0.503 e. The standard InChI is InChI=1S/C19H15ClF3N3O5S/c1-2-31-15-9-10(8-14(20)16(15)27)7-13-17(19(21,22)23)25-26(18(13)28)11-3-5-12(6-4-11)32(24,29)30/h3-9,27H,2H2,1H3,(H2,24,29,30)/b13-7+. The molecule has 2 aromatic rings. The number of phenolic OH excluding ortho intramolecular Hbond substituents is 1. The third-order valence-electron chi connectivity index (χ3n) is 4.22. The highest BCUT2D eigenvalue weighted by Gasteiger charge is 2.46. The Balaban J connectivity index is 2.08. The molecule has 1 aliphatic heterocycles. The molecule has 8 nitrogen and oxygen atoms in total. The fraction of sp³-hybridized carbons (Fsp3) is 0.158. The fourth-order valence-electron chi connectivity index (χ4n) is 2.82. The predicted molar refractivity (Wildman–Crippen MR) is 111 cm³/mol. The molecule has 0 aliphatic carbocycles. The molecule has 2 aromatic carbocycles. The number of hydrogen-bond donors (Lipinski definition) is 2. The summed E-state index contributed by atoms with van der Waals surface area (Å²) in [7, 11) is -4.03. The molecule has 13 heteroatoms. The Hall–Kier alpha value is -3.09. The van der Waals surface area contributed by atoms with Gasteiger partial charge in [0.05, 0.1) is 27.8 Å². The summed E-state index contributed by atoms with van der Waals surface area (Å²) in [5, 5.41) is 18.6. The summed E-state index contributed by atoms with van der Waals surface area (Å²) in [4.78, 5) is 12.5. The second-order valence-corrected chi connectivity index (χ2v) is 8.41. The van der Waals surface area contributed by atoms with Crippen LogP contribution in [0.2, 0.25) is 5.02 Å². The Bertz CT molecular complexity index is 1240. The van der Waals surface area contributed by atoms with Gasteiger partial charge < -0.3 is 9.84 Å². The van der Waals surface area contributed by atoms with Crippen molar-refractivity contribution in [3.8, 4) is 11.5 Å². The molecule has 1 amide bonds. The normalized spacial score (nSPS) is 15.9. The van der Waals surface area contributed by atoms with Crippen LogP contribution in [-0.2, 0) is 14.8 Å². The second kappa shape index (κ2) is 8.45. The Kier molecular flexibility index (Phi) is 6.22. The Labute approximate surface area is 185 Å². The van der Waals surface area contributed by atoms with Crippen LogP contribution >= 0.6 is 11.6 Å². The van der Waals surface area contributed by atoms with E-state index in [1.165, 1.54) is 6.07 Å². The largest absolute Gasteiger partial charge is 0.503 e. The van der Waals surface area contributed by atoms with Gasteiger partial charge in [-0.05, 0) is 55.0 Å². The fourth-order valence-corrected chi connectivity index (χ4v) is 3.55. The number of ether oxygens (including phenoxy) is 1. The van der Waals surface area contributed by atoms with E-state index >= 15 is 0 Å². The van der Waals surface area contributed by atoms with Gasteiger partial charge in [-0.15, -0.1) is 0 Å². The smallest absolute Gasteiger partial charge is 0.435 e. The highest BCUT2D eigenvalue weighted by atomic mass is 35.5. The summed E-state index contributed by atoms with van der Waals surface area (Å²) in [6, 6.07) is 6.66. The lowest BCUT2D eigenvalue weighted by molar-refractivity contribution is -0.114. The minimum absolute atomic E-state index is 0.0583. The molecule has 1 aliphatic rings. The van der Waals surface area contributed by atoms with Gasteiger partial charge in [0.15, 0.2) is 17.2 Å². The monoisotopic (exact) mass is 489 g/mol. The first kappa shape index (κ1) is 23.6. The molecule has 0 aromatic heterocycles. The van der Waals surface area contributed by atoms with Gasteiger partial charge in [0, 0.05) is 0 Å². The Morgan fingerprint density at radius 2 is 1.88 bits per heavy atom. The van der Waals surface area contributed by atoms with E-state index in [4.69, 9.17) is 21.5 Å². The van der Waals surface area contributed by atoms with Crippen LogP contribution in [0.25, 0.3) is 6.08 Å². The molecule has 3 N–H and O–H groups in total. The van der Waals surface area contributed by atoms with E-state index in [1.54, 1.807) is 6.92 Å². The maximum Gasteiger partial charge on any atom is 0.435 e. The summed E-state index contributed by atoms with van der Waals surface area (Å²) in [6.07, 6.45) is -4.05. The van der Waals surface area contributed by atoms with E-state index in [0.717, 1.165) is 36.4 Å². The number of alkyl halides is 3. The van der Waals surface area contributed by atoms with E-state index in [1.807, 2.05) is 0 Å². The van der Waals surface area contributed by atoms with Crippen molar-refractivity contribution in [1.82, 2.24) is 0 Å². The number of carbonyl (C=O) groups is 1. The molecule has 3 rings (SSSR count). The van der Waals surface area contributed by atoms with Crippen molar-refractivity contribution in [3.63, 3.8) is 0 Å². The van der Waals surface area contributed by atoms with Crippen LogP contribution in [0.4, 0.5) is 18.9 Å². The van der Waals surface area contributed by atoms with Crippen molar-refractivity contribution in [2.24, 2.45) is 10.2 Å². The molecular formula is C19H15ClF3N3O5S. The molecule has 0 bridgehead atoms. The number of nitrogens with zero attached hydrogens (tertiary/aromatic N) is 2. The number of rotatable bonds is 5. The highest BCUT2D eigenvalue weighted by Crippen LogP contribution is 2.38. The first-order valence-corrected chi connectivity index (χ1v) is 10.8. The zero-order valence-corrected chi connectivity index (χ0v) is 17.8. The maximum atomic E-state index is 13.6. The molecule has 0 radical (unpaired) electrons. The summed E-state index contributed by atoms with van der Waals surface area (Å²) in [5.41, 5.74) is -2.29. The van der Waals surface area contributed by atoms with Crippen molar-refractivity contribution in [2.75, 3.05) is 11.6 Å². The third-order valence-corrected chi connectivity index (χ3v) is 5.44. The van der Waals surface area contributed by atoms with Crippen molar-refractivity contribution in [2.45, 2.75) is 18.0 Å². The van der Waals surface area contributed by atoms with E-state index in [0.29, 0.717) is 5.01 Å². The molecule has 0 unspecified atom stereocenters. The number of benzene rings is 2. The van der Waals surface area contributed by atoms with Crippen LogP contribution in [-0.4, -0.2) is 37.9 Å². The SMILES string of the molecule is CCOc1cc(/C=C2/C(=O)N(c3ccc(S(N)(=O)=O)cc3)N=C2C(F)(F)F)cc(Cl)c1O. The lowest BCUT2D eigenvalue weighted by atomic mass is 10.1. The molecule has 0 atom stereocenters. The van der Waals surface area contributed by atoms with Gasteiger partial charge in [-0.2, -0.15) is 23.3 Å². The van der Waals surface area contributed by atoms with Crippen molar-refractivity contribution < 1.29 is 36.2 Å². The molecule has 32 heavy (non-hydrogen) atoms. The first-order chi connectivity index (χ1) is 14.8. The third kappa shape index (κ3) is 4.71. The van der Waals surface area contributed by atoms with Crippen LogP contribution in [0.3, 0.4) is 0 Å². The average Bonchev–Trinajstić information content (AvgIpc) is 3.02. The lowest BCUT2D eigenvalue weighted by Gasteiger charge is -2.12. The average molecular weight is 490 g/mol. The molecular weight excluding hydrogens is 475 g/mol. The number of anilines is 1. The number of phenols is 1. The van der Waals surface area contributed by atoms with Gasteiger partial charge >= 0.3 is 6.18 Å². The summed E-state index contributed by atoms with van der Waals surface area (Å²) < 4.78 is 68.7. The van der Waals surface area contributed by atoms with Crippen LogP contribution in [0.15, 0.2) is 52.0 Å². The molecule has 0 saturated heterocycles. The van der Waals surface area contributed by atoms with Gasteiger partial charge in [-0.3, -0.25) is 4.79 Å². The number of carbonyl (C=O) groups excluding carboxylic acids is 1. The van der Waals surface area contributed by atoms with Gasteiger partial charge in [0.2, 0.25) is 10.0 Å². The molecule has 1 heterocycles. The molecule has 0 saturated carbocycles. The zero-order chi connectivity index (χ0) is 23.8. The van der Waals surface area contributed by atoms with Gasteiger partial charge in [-0.25, -0.2) is 13.6 Å². The minimum atomic E-state index is -4.97. The van der Waals surface area contributed by atoms with Gasteiger partial charge in [0.25, 0.3) is 5.91 Å².